The van der Waals surface area contributed by atoms with Crippen molar-refractivity contribution < 1.29 is 4.21 Å². The van der Waals surface area contributed by atoms with Crippen LogP contribution in [-0.4, -0.2) is 4.21 Å². The first kappa shape index (κ1) is 11.6. The Morgan fingerprint density at radius 1 is 1.13 bits per heavy atom. The second-order valence-corrected chi connectivity index (χ2v) is 5.93. The third-order valence-electron chi connectivity index (χ3n) is 2.16. The molecule has 0 N–H and O–H groups in total. The van der Waals surface area contributed by atoms with Crippen LogP contribution in [0.1, 0.15) is 5.56 Å². The van der Waals surface area contributed by atoms with Crippen LogP contribution in [0.25, 0.3) is 0 Å². The van der Waals surface area contributed by atoms with Crippen LogP contribution in [0.15, 0.2) is 29.2 Å². The lowest BCUT2D eigenvalue weighted by Gasteiger charge is -2.11. The monoisotopic (exact) mass is 329 g/mol. The molecule has 15 heavy (non-hydrogen) atoms. The zero-order chi connectivity index (χ0) is 10.8. The summed E-state index contributed by atoms with van der Waals surface area (Å²) in [4.78, 5) is 0.865. The van der Waals surface area contributed by atoms with Crippen molar-refractivity contribution >= 4 is 33.4 Å². The van der Waals surface area contributed by atoms with Gasteiger partial charge in [-0.3, -0.25) is 4.21 Å². The van der Waals surface area contributed by atoms with Crippen LogP contribution in [0.2, 0.25) is 0 Å². The van der Waals surface area contributed by atoms with Crippen molar-refractivity contribution in [2.75, 3.05) is 0 Å². The van der Waals surface area contributed by atoms with E-state index in [2.05, 4.69) is 22.6 Å². The summed E-state index contributed by atoms with van der Waals surface area (Å²) in [6, 6.07) is 7.83. The fourth-order valence-corrected chi connectivity index (χ4v) is 3.39. The van der Waals surface area contributed by atoms with Gasteiger partial charge in [-0.25, -0.2) is 0 Å². The van der Waals surface area contributed by atoms with Crippen LogP contribution in [0, 0.1) is 35.4 Å². The van der Waals surface area contributed by atoms with Gasteiger partial charge in [0, 0.05) is 4.90 Å². The Morgan fingerprint density at radius 2 is 1.80 bits per heavy atom. The van der Waals surface area contributed by atoms with E-state index < -0.39 is 10.8 Å². The maximum atomic E-state index is 12.1. The van der Waals surface area contributed by atoms with Gasteiger partial charge in [0.1, 0.15) is 0 Å². The number of aryl methyl sites for hydroxylation is 1. The van der Waals surface area contributed by atoms with E-state index in [1.807, 2.05) is 50.5 Å². The fraction of sp³-hybridized carbons (Fsp3) is 0.0833. The molecule has 1 aromatic carbocycles. The molecule has 1 aromatic rings. The molecule has 0 spiro atoms. The molecule has 0 aliphatic heterocycles. The van der Waals surface area contributed by atoms with Crippen molar-refractivity contribution in [1.82, 2.24) is 0 Å². The lowest BCUT2D eigenvalue weighted by Crippen LogP contribution is -2.06. The topological polar surface area (TPSA) is 17.1 Å². The standard InChI is InChI=1S/C12H10IOS/c1-9-5-7-10(8-6-9)15(14)12-4-2-3-11(12)13/h2-8H,1H3/t15-/m0/s1. The summed E-state index contributed by atoms with van der Waals surface area (Å²) in [5.41, 5.74) is 1.19. The molecule has 1 aliphatic rings. The second-order valence-electron chi connectivity index (χ2n) is 3.32. The molecule has 1 atom stereocenters. The highest BCUT2D eigenvalue weighted by atomic mass is 127. The first-order valence-corrected chi connectivity index (χ1v) is 6.81. The summed E-state index contributed by atoms with van der Waals surface area (Å²) < 4.78 is 13.2. The van der Waals surface area contributed by atoms with Gasteiger partial charge in [0.25, 0.3) is 0 Å². The van der Waals surface area contributed by atoms with Crippen LogP contribution in [0.4, 0.5) is 0 Å². The second kappa shape index (κ2) is 4.95. The molecule has 0 aromatic heterocycles. The molecular formula is C12H10IOS. The Hall–Kier alpha value is 0.1000. The van der Waals surface area contributed by atoms with Crippen LogP contribution in [0.3, 0.4) is 0 Å². The van der Waals surface area contributed by atoms with Crippen LogP contribution in [-0.2, 0) is 10.8 Å². The maximum Gasteiger partial charge on any atom is 0.0892 e. The van der Waals surface area contributed by atoms with Crippen molar-refractivity contribution in [2.45, 2.75) is 11.8 Å². The molecule has 0 saturated heterocycles. The molecule has 1 fully saturated rings. The highest BCUT2D eigenvalue weighted by molar-refractivity contribution is 14.1. The van der Waals surface area contributed by atoms with Gasteiger partial charge < -0.3 is 0 Å². The SMILES string of the molecule is Cc1ccc([S@](=O)[C]2[CH][CH][CH][C]2I)cc1. The Bertz CT molecular complexity index is 360. The van der Waals surface area contributed by atoms with Crippen LogP contribution < -0.4 is 0 Å². The number of rotatable bonds is 2. The van der Waals surface area contributed by atoms with E-state index in [4.69, 9.17) is 0 Å². The number of halogens is 1. The molecule has 0 heterocycles. The van der Waals surface area contributed by atoms with Crippen molar-refractivity contribution in [3.8, 4) is 0 Å². The normalized spacial score (nSPS) is 20.7. The van der Waals surface area contributed by atoms with Crippen molar-refractivity contribution in [3.63, 3.8) is 0 Å². The first-order chi connectivity index (χ1) is 7.18. The van der Waals surface area contributed by atoms with E-state index in [1.54, 1.807) is 0 Å². The van der Waals surface area contributed by atoms with E-state index >= 15 is 0 Å². The van der Waals surface area contributed by atoms with Gasteiger partial charge in [-0.15, -0.1) is 0 Å². The average Bonchev–Trinajstić information content (AvgIpc) is 2.65. The molecule has 0 unspecified atom stereocenters. The largest absolute Gasteiger partial charge is 0.254 e. The summed E-state index contributed by atoms with van der Waals surface area (Å²) in [5, 5.41) is 0.902. The molecule has 1 saturated carbocycles. The molecule has 3 heteroatoms. The Kier molecular flexibility index (Phi) is 3.83. The zero-order valence-corrected chi connectivity index (χ0v) is 11.2. The summed E-state index contributed by atoms with van der Waals surface area (Å²) in [6.07, 6.45) is 5.82. The minimum absolute atomic E-state index is 0.865. The number of hydrogen-bond donors (Lipinski definition) is 0. The predicted molar refractivity (Wildman–Crippen MR) is 71.0 cm³/mol. The van der Waals surface area contributed by atoms with Gasteiger partial charge in [-0.2, -0.15) is 0 Å². The quantitative estimate of drug-likeness (QED) is 0.762. The van der Waals surface area contributed by atoms with Crippen molar-refractivity contribution in [1.29, 1.82) is 0 Å². The lowest BCUT2D eigenvalue weighted by molar-refractivity contribution is 0.685. The summed E-state index contributed by atoms with van der Waals surface area (Å²) in [6.45, 7) is 2.03. The van der Waals surface area contributed by atoms with E-state index in [-0.39, 0.29) is 0 Å². The smallest absolute Gasteiger partial charge is 0.0892 e. The molecule has 0 bridgehead atoms. The molecule has 5 radical (unpaired) electrons. The van der Waals surface area contributed by atoms with Crippen molar-refractivity contribution in [3.05, 3.63) is 58.3 Å². The highest BCUT2D eigenvalue weighted by Crippen LogP contribution is 2.42. The van der Waals surface area contributed by atoms with E-state index in [9.17, 15) is 4.21 Å². The van der Waals surface area contributed by atoms with E-state index in [1.165, 1.54) is 5.56 Å². The van der Waals surface area contributed by atoms with Gasteiger partial charge in [-0.05, 0) is 38.3 Å². The first-order valence-electron chi connectivity index (χ1n) is 4.58. The van der Waals surface area contributed by atoms with Gasteiger partial charge in [-0.1, -0.05) is 40.3 Å². The van der Waals surface area contributed by atoms with Crippen molar-refractivity contribution in [2.24, 2.45) is 0 Å². The van der Waals surface area contributed by atoms with Gasteiger partial charge in [0.05, 0.1) is 20.0 Å². The molecule has 2 rings (SSSR count). The maximum absolute atomic E-state index is 12.1. The number of benzene rings is 1. The summed E-state index contributed by atoms with van der Waals surface area (Å²) >= 11 is 2.21. The predicted octanol–water partition coefficient (Wildman–Crippen LogP) is 3.23. The number of hydrogen-bond acceptors (Lipinski definition) is 1. The summed E-state index contributed by atoms with van der Waals surface area (Å²) in [7, 11) is -1.04. The molecule has 1 aliphatic carbocycles. The molecular weight excluding hydrogens is 319 g/mol. The lowest BCUT2D eigenvalue weighted by atomic mass is 10.2. The highest BCUT2D eigenvalue weighted by Gasteiger charge is 2.32. The minimum Gasteiger partial charge on any atom is -0.254 e. The average molecular weight is 329 g/mol. The van der Waals surface area contributed by atoms with Gasteiger partial charge in [0.15, 0.2) is 0 Å². The Balaban J connectivity index is 2.17. The van der Waals surface area contributed by atoms with E-state index in [0.29, 0.717) is 0 Å². The minimum atomic E-state index is -1.04. The van der Waals surface area contributed by atoms with Gasteiger partial charge >= 0.3 is 0 Å². The molecule has 1 nitrogen and oxygen atoms in total. The molecule has 77 valence electrons. The van der Waals surface area contributed by atoms with Crippen LogP contribution in [0.5, 0.6) is 0 Å². The zero-order valence-electron chi connectivity index (χ0n) is 8.24. The van der Waals surface area contributed by atoms with Crippen LogP contribution >= 0.6 is 22.6 Å². The fourth-order valence-electron chi connectivity index (χ4n) is 1.32. The van der Waals surface area contributed by atoms with Gasteiger partial charge in [0.2, 0.25) is 0 Å². The Morgan fingerprint density at radius 3 is 2.33 bits per heavy atom. The summed E-state index contributed by atoms with van der Waals surface area (Å²) in [5.74, 6) is 0. The molecule has 0 amide bonds. The van der Waals surface area contributed by atoms with E-state index in [0.717, 1.165) is 14.1 Å². The third-order valence-corrected chi connectivity index (χ3v) is 4.92. The third kappa shape index (κ3) is 2.61. The Labute approximate surface area is 107 Å².